The fourth-order valence-corrected chi connectivity index (χ4v) is 2.19. The van der Waals surface area contributed by atoms with Crippen LogP contribution in [0.5, 0.6) is 5.75 Å². The first-order valence-electron chi connectivity index (χ1n) is 6.59. The summed E-state index contributed by atoms with van der Waals surface area (Å²) < 4.78 is 6.79. The van der Waals surface area contributed by atoms with Gasteiger partial charge in [0.15, 0.2) is 0 Å². The Morgan fingerprint density at radius 1 is 1.35 bits per heavy atom. The molecule has 0 unspecified atom stereocenters. The lowest BCUT2D eigenvalue weighted by molar-refractivity contribution is 0.0683. The molecular weight excluding hydrogens is 256 g/mol. The highest BCUT2D eigenvalue weighted by Gasteiger charge is 2.15. The number of carboxylic acid groups (broad SMARTS) is 1. The fourth-order valence-electron chi connectivity index (χ4n) is 2.19. The summed E-state index contributed by atoms with van der Waals surface area (Å²) in [5.74, 6) is -0.126. The van der Waals surface area contributed by atoms with E-state index < -0.39 is 5.97 Å². The molecule has 0 atom stereocenters. The minimum Gasteiger partial charge on any atom is -0.496 e. The summed E-state index contributed by atoms with van der Waals surface area (Å²) in [5, 5.41) is 13.5. The third-order valence-electron chi connectivity index (χ3n) is 3.26. The predicted molar refractivity (Wildman–Crippen MR) is 76.2 cm³/mol. The number of carbonyl (C=O) groups is 1. The molecule has 0 aliphatic heterocycles. The van der Waals surface area contributed by atoms with Crippen LogP contribution in [0.3, 0.4) is 0 Å². The summed E-state index contributed by atoms with van der Waals surface area (Å²) in [6.45, 7) is 4.45. The van der Waals surface area contributed by atoms with Gasteiger partial charge in [-0.25, -0.2) is 4.79 Å². The number of aromatic carboxylic acids is 1. The van der Waals surface area contributed by atoms with Crippen molar-refractivity contribution in [3.63, 3.8) is 0 Å². The SMILES string of the molecule is CCc1cc(-c2cc(C(=O)O)n(CC)n2)ccc1OC. The van der Waals surface area contributed by atoms with E-state index in [4.69, 9.17) is 9.84 Å². The molecule has 5 heteroatoms. The van der Waals surface area contributed by atoms with Crippen LogP contribution in [0.1, 0.15) is 29.9 Å². The summed E-state index contributed by atoms with van der Waals surface area (Å²) >= 11 is 0. The number of methoxy groups -OCH3 is 1. The van der Waals surface area contributed by atoms with Crippen molar-refractivity contribution in [2.45, 2.75) is 26.8 Å². The fraction of sp³-hybridized carbons (Fsp3) is 0.333. The molecule has 1 aromatic carbocycles. The number of benzene rings is 1. The lowest BCUT2D eigenvalue weighted by Gasteiger charge is -2.07. The van der Waals surface area contributed by atoms with Crippen LogP contribution in [-0.4, -0.2) is 28.0 Å². The van der Waals surface area contributed by atoms with Gasteiger partial charge < -0.3 is 9.84 Å². The Morgan fingerprint density at radius 3 is 2.60 bits per heavy atom. The van der Waals surface area contributed by atoms with E-state index in [0.29, 0.717) is 12.2 Å². The van der Waals surface area contributed by atoms with E-state index in [9.17, 15) is 4.79 Å². The second kappa shape index (κ2) is 5.77. The lowest BCUT2D eigenvalue weighted by Crippen LogP contribution is -2.08. The number of hydrogen-bond acceptors (Lipinski definition) is 3. The monoisotopic (exact) mass is 274 g/mol. The first kappa shape index (κ1) is 14.1. The molecule has 5 nitrogen and oxygen atoms in total. The van der Waals surface area contributed by atoms with E-state index in [1.807, 2.05) is 25.1 Å². The maximum Gasteiger partial charge on any atom is 0.354 e. The number of nitrogens with zero attached hydrogens (tertiary/aromatic N) is 2. The molecule has 0 aliphatic rings. The molecule has 2 rings (SSSR count). The van der Waals surface area contributed by atoms with E-state index in [2.05, 4.69) is 12.0 Å². The molecule has 0 bridgehead atoms. The Morgan fingerprint density at radius 2 is 2.10 bits per heavy atom. The third kappa shape index (κ3) is 2.52. The topological polar surface area (TPSA) is 64.3 Å². The highest BCUT2D eigenvalue weighted by Crippen LogP contribution is 2.27. The van der Waals surface area contributed by atoms with Gasteiger partial charge in [-0.05, 0) is 43.2 Å². The van der Waals surface area contributed by atoms with E-state index in [-0.39, 0.29) is 5.69 Å². The maximum absolute atomic E-state index is 11.2. The number of aryl methyl sites for hydroxylation is 2. The van der Waals surface area contributed by atoms with Gasteiger partial charge >= 0.3 is 5.97 Å². The molecule has 1 aromatic heterocycles. The molecule has 106 valence electrons. The van der Waals surface area contributed by atoms with E-state index >= 15 is 0 Å². The van der Waals surface area contributed by atoms with Gasteiger partial charge in [0.25, 0.3) is 0 Å². The molecule has 20 heavy (non-hydrogen) atoms. The molecular formula is C15H18N2O3. The lowest BCUT2D eigenvalue weighted by atomic mass is 10.1. The van der Waals surface area contributed by atoms with Gasteiger partial charge in [0.2, 0.25) is 0 Å². The van der Waals surface area contributed by atoms with Crippen LogP contribution in [0, 0.1) is 0 Å². The summed E-state index contributed by atoms with van der Waals surface area (Å²) in [5.41, 5.74) is 2.85. The predicted octanol–water partition coefficient (Wildman–Crippen LogP) is 2.84. The second-order valence-electron chi connectivity index (χ2n) is 4.42. The second-order valence-corrected chi connectivity index (χ2v) is 4.42. The van der Waals surface area contributed by atoms with Gasteiger partial charge in [0.1, 0.15) is 11.4 Å². The highest BCUT2D eigenvalue weighted by atomic mass is 16.5. The van der Waals surface area contributed by atoms with Gasteiger partial charge in [0, 0.05) is 12.1 Å². The zero-order chi connectivity index (χ0) is 14.7. The summed E-state index contributed by atoms with van der Waals surface area (Å²) in [4.78, 5) is 11.2. The van der Waals surface area contributed by atoms with Gasteiger partial charge in [-0.15, -0.1) is 0 Å². The van der Waals surface area contributed by atoms with Crippen molar-refractivity contribution in [3.05, 3.63) is 35.5 Å². The van der Waals surface area contributed by atoms with Crippen LogP contribution in [0.2, 0.25) is 0 Å². The first-order valence-corrected chi connectivity index (χ1v) is 6.59. The zero-order valence-electron chi connectivity index (χ0n) is 11.9. The van der Waals surface area contributed by atoms with Gasteiger partial charge in [-0.1, -0.05) is 6.92 Å². The molecule has 1 N–H and O–H groups in total. The molecule has 0 saturated carbocycles. The maximum atomic E-state index is 11.2. The average molecular weight is 274 g/mol. The van der Waals surface area contributed by atoms with Crippen LogP contribution in [-0.2, 0) is 13.0 Å². The molecule has 2 aromatic rings. The average Bonchev–Trinajstić information content (AvgIpc) is 2.91. The standard InChI is InChI=1S/C15H18N2O3/c1-4-10-8-11(6-7-14(10)20-3)12-9-13(15(18)19)17(5-2)16-12/h6-9H,4-5H2,1-3H3,(H,18,19). The number of rotatable bonds is 5. The van der Waals surface area contributed by atoms with Gasteiger partial charge in [-0.3, -0.25) is 4.68 Å². The molecule has 0 fully saturated rings. The van der Waals surface area contributed by atoms with Crippen molar-refractivity contribution in [3.8, 4) is 17.0 Å². The van der Waals surface area contributed by atoms with Crippen LogP contribution in [0.4, 0.5) is 0 Å². The number of aromatic nitrogens is 2. The van der Waals surface area contributed by atoms with Crippen molar-refractivity contribution < 1.29 is 14.6 Å². The Kier molecular flexibility index (Phi) is 4.08. The van der Waals surface area contributed by atoms with E-state index in [1.165, 1.54) is 4.68 Å². The summed E-state index contributed by atoms with van der Waals surface area (Å²) in [6.07, 6.45) is 0.845. The van der Waals surface area contributed by atoms with Crippen molar-refractivity contribution >= 4 is 5.97 Å². The van der Waals surface area contributed by atoms with Gasteiger partial charge in [0.05, 0.1) is 12.8 Å². The van der Waals surface area contributed by atoms with Crippen LogP contribution in [0.25, 0.3) is 11.3 Å². The van der Waals surface area contributed by atoms with Crippen molar-refractivity contribution in [2.24, 2.45) is 0 Å². The Bertz CT molecular complexity index is 632. The number of carboxylic acids is 1. The largest absolute Gasteiger partial charge is 0.496 e. The quantitative estimate of drug-likeness (QED) is 0.910. The molecule has 0 aliphatic carbocycles. The zero-order valence-corrected chi connectivity index (χ0v) is 11.9. The smallest absolute Gasteiger partial charge is 0.354 e. The highest BCUT2D eigenvalue weighted by molar-refractivity contribution is 5.87. The Hall–Kier alpha value is -2.30. The number of ether oxygens (including phenoxy) is 1. The van der Waals surface area contributed by atoms with E-state index in [1.54, 1.807) is 13.2 Å². The van der Waals surface area contributed by atoms with E-state index in [0.717, 1.165) is 23.3 Å². The number of hydrogen-bond donors (Lipinski definition) is 1. The Balaban J connectivity index is 2.48. The van der Waals surface area contributed by atoms with Crippen LogP contribution >= 0.6 is 0 Å². The summed E-state index contributed by atoms with van der Waals surface area (Å²) in [7, 11) is 1.64. The van der Waals surface area contributed by atoms with Crippen molar-refractivity contribution in [1.82, 2.24) is 9.78 Å². The Labute approximate surface area is 117 Å². The van der Waals surface area contributed by atoms with Crippen LogP contribution < -0.4 is 4.74 Å². The minimum atomic E-state index is -0.963. The normalized spacial score (nSPS) is 10.6. The first-order chi connectivity index (χ1) is 9.60. The molecule has 0 amide bonds. The molecule has 0 spiro atoms. The summed E-state index contributed by atoms with van der Waals surface area (Å²) in [6, 6.07) is 7.38. The van der Waals surface area contributed by atoms with Crippen LogP contribution in [0.15, 0.2) is 24.3 Å². The van der Waals surface area contributed by atoms with Crippen molar-refractivity contribution in [1.29, 1.82) is 0 Å². The third-order valence-corrected chi connectivity index (χ3v) is 3.26. The molecule has 0 saturated heterocycles. The minimum absolute atomic E-state index is 0.205. The van der Waals surface area contributed by atoms with Crippen molar-refractivity contribution in [2.75, 3.05) is 7.11 Å². The molecule has 1 heterocycles. The van der Waals surface area contributed by atoms with Gasteiger partial charge in [-0.2, -0.15) is 5.10 Å². The molecule has 0 radical (unpaired) electrons.